The van der Waals surface area contributed by atoms with E-state index in [1.165, 1.54) is 0 Å². The number of hydrogen-bond acceptors (Lipinski definition) is 2. The van der Waals surface area contributed by atoms with Crippen molar-refractivity contribution in [1.29, 1.82) is 0 Å². The van der Waals surface area contributed by atoms with E-state index in [1.54, 1.807) is 6.26 Å². The standard InChI is InChI=1S/C13H20F3NO/c14-13(15,16)11-5-3-9(4-6-11)12(17)10-2-1-7-18-8-10/h8-9,11-12H,1-7,17H2. The normalized spacial score (nSPS) is 31.4. The summed E-state index contributed by atoms with van der Waals surface area (Å²) in [7, 11) is 0. The summed E-state index contributed by atoms with van der Waals surface area (Å²) >= 11 is 0. The van der Waals surface area contributed by atoms with Gasteiger partial charge in [0.15, 0.2) is 0 Å². The first kappa shape index (κ1) is 13.7. The molecule has 5 heteroatoms. The van der Waals surface area contributed by atoms with E-state index in [4.69, 9.17) is 10.5 Å². The minimum atomic E-state index is -4.04. The average Bonchev–Trinajstić information content (AvgIpc) is 2.38. The van der Waals surface area contributed by atoms with E-state index < -0.39 is 12.1 Å². The van der Waals surface area contributed by atoms with Crippen LogP contribution in [0.3, 0.4) is 0 Å². The highest BCUT2D eigenvalue weighted by molar-refractivity contribution is 5.11. The minimum absolute atomic E-state index is 0.125. The highest BCUT2D eigenvalue weighted by Gasteiger charge is 2.42. The molecule has 0 spiro atoms. The van der Waals surface area contributed by atoms with Crippen molar-refractivity contribution >= 4 is 0 Å². The molecule has 1 heterocycles. The molecule has 1 atom stereocenters. The van der Waals surface area contributed by atoms with Crippen molar-refractivity contribution in [3.05, 3.63) is 11.8 Å². The van der Waals surface area contributed by atoms with Gasteiger partial charge in [0.1, 0.15) is 0 Å². The summed E-state index contributed by atoms with van der Waals surface area (Å²) in [6.45, 7) is 0.719. The Morgan fingerprint density at radius 3 is 2.39 bits per heavy atom. The van der Waals surface area contributed by atoms with Crippen molar-refractivity contribution in [3.8, 4) is 0 Å². The van der Waals surface area contributed by atoms with Gasteiger partial charge < -0.3 is 10.5 Å². The highest BCUT2D eigenvalue weighted by Crippen LogP contribution is 2.41. The molecule has 0 amide bonds. The number of ether oxygens (including phenoxy) is 1. The van der Waals surface area contributed by atoms with Gasteiger partial charge in [-0.05, 0) is 50.0 Å². The predicted molar refractivity (Wildman–Crippen MR) is 62.7 cm³/mol. The van der Waals surface area contributed by atoms with E-state index in [9.17, 15) is 13.2 Å². The molecule has 2 N–H and O–H groups in total. The molecule has 1 aliphatic heterocycles. The highest BCUT2D eigenvalue weighted by atomic mass is 19.4. The molecule has 0 aromatic heterocycles. The molecule has 1 aliphatic carbocycles. The zero-order valence-corrected chi connectivity index (χ0v) is 10.4. The van der Waals surface area contributed by atoms with Crippen molar-refractivity contribution in [1.82, 2.24) is 0 Å². The van der Waals surface area contributed by atoms with E-state index in [2.05, 4.69) is 0 Å². The van der Waals surface area contributed by atoms with Gasteiger partial charge in [0.05, 0.1) is 18.8 Å². The Hall–Kier alpha value is -0.710. The molecule has 18 heavy (non-hydrogen) atoms. The molecule has 0 aromatic rings. The molecule has 104 valence electrons. The van der Waals surface area contributed by atoms with E-state index in [0.29, 0.717) is 12.8 Å². The molecule has 0 saturated heterocycles. The van der Waals surface area contributed by atoms with E-state index >= 15 is 0 Å². The van der Waals surface area contributed by atoms with Crippen LogP contribution in [0.15, 0.2) is 11.8 Å². The SMILES string of the molecule is NC(C1=COCCC1)C1CCC(C(F)(F)F)CC1. The molecule has 1 fully saturated rings. The number of rotatable bonds is 2. The molecule has 2 nitrogen and oxygen atoms in total. The number of halogens is 3. The Morgan fingerprint density at radius 1 is 1.22 bits per heavy atom. The lowest BCUT2D eigenvalue weighted by atomic mass is 9.76. The summed E-state index contributed by atoms with van der Waals surface area (Å²) in [4.78, 5) is 0. The molecule has 2 aliphatic rings. The van der Waals surface area contributed by atoms with Gasteiger partial charge in [-0.2, -0.15) is 13.2 Å². The van der Waals surface area contributed by atoms with Crippen LogP contribution in [0, 0.1) is 11.8 Å². The minimum Gasteiger partial charge on any atom is -0.501 e. The van der Waals surface area contributed by atoms with E-state index in [1.807, 2.05) is 0 Å². The number of hydrogen-bond donors (Lipinski definition) is 1. The summed E-state index contributed by atoms with van der Waals surface area (Å²) in [6.07, 6.45) is 1.13. The Balaban J connectivity index is 1.87. The monoisotopic (exact) mass is 263 g/mol. The smallest absolute Gasteiger partial charge is 0.391 e. The van der Waals surface area contributed by atoms with Gasteiger partial charge in [-0.25, -0.2) is 0 Å². The van der Waals surface area contributed by atoms with Gasteiger partial charge >= 0.3 is 6.18 Å². The fourth-order valence-corrected chi connectivity index (χ4v) is 2.94. The van der Waals surface area contributed by atoms with Crippen LogP contribution in [0.5, 0.6) is 0 Å². The maximum absolute atomic E-state index is 12.6. The van der Waals surface area contributed by atoms with Gasteiger partial charge in [-0.3, -0.25) is 0 Å². The lowest BCUT2D eigenvalue weighted by Crippen LogP contribution is -2.38. The zero-order chi connectivity index (χ0) is 13.2. The van der Waals surface area contributed by atoms with Crippen LogP contribution in [0.4, 0.5) is 13.2 Å². The largest absolute Gasteiger partial charge is 0.501 e. The Kier molecular flexibility index (Phi) is 4.20. The van der Waals surface area contributed by atoms with Crippen LogP contribution in [0.2, 0.25) is 0 Å². The molecule has 0 radical (unpaired) electrons. The van der Waals surface area contributed by atoms with Gasteiger partial charge in [-0.15, -0.1) is 0 Å². The maximum atomic E-state index is 12.6. The van der Waals surface area contributed by atoms with Crippen molar-refractivity contribution in [2.45, 2.75) is 50.7 Å². The fraction of sp³-hybridized carbons (Fsp3) is 0.846. The van der Waals surface area contributed by atoms with Crippen molar-refractivity contribution in [2.75, 3.05) is 6.61 Å². The van der Waals surface area contributed by atoms with Crippen molar-refractivity contribution in [3.63, 3.8) is 0 Å². The van der Waals surface area contributed by atoms with Crippen LogP contribution in [-0.4, -0.2) is 18.8 Å². The van der Waals surface area contributed by atoms with Crippen molar-refractivity contribution < 1.29 is 17.9 Å². The lowest BCUT2D eigenvalue weighted by Gasteiger charge is -2.34. The second-order valence-electron chi connectivity index (χ2n) is 5.35. The third kappa shape index (κ3) is 3.19. The second kappa shape index (κ2) is 5.51. The van der Waals surface area contributed by atoms with Crippen LogP contribution < -0.4 is 5.73 Å². The summed E-state index contributed by atoms with van der Waals surface area (Å²) in [6, 6.07) is -0.125. The summed E-state index contributed by atoms with van der Waals surface area (Å²) in [5.41, 5.74) is 7.21. The lowest BCUT2D eigenvalue weighted by molar-refractivity contribution is -0.184. The number of nitrogens with two attached hydrogens (primary N) is 1. The summed E-state index contributed by atoms with van der Waals surface area (Å²) in [5, 5.41) is 0. The molecular weight excluding hydrogens is 243 g/mol. The Morgan fingerprint density at radius 2 is 1.89 bits per heavy atom. The van der Waals surface area contributed by atoms with E-state index in [0.717, 1.165) is 25.0 Å². The third-order valence-corrected chi connectivity index (χ3v) is 4.13. The molecular formula is C13H20F3NO. The van der Waals surface area contributed by atoms with Gasteiger partial charge in [0.2, 0.25) is 0 Å². The third-order valence-electron chi connectivity index (χ3n) is 4.13. The quantitative estimate of drug-likeness (QED) is 0.829. The predicted octanol–water partition coefficient (Wildman–Crippen LogP) is 3.38. The summed E-state index contributed by atoms with van der Waals surface area (Å²) in [5.74, 6) is -0.950. The first-order valence-corrected chi connectivity index (χ1v) is 6.61. The maximum Gasteiger partial charge on any atom is 0.391 e. The fourth-order valence-electron chi connectivity index (χ4n) is 2.94. The van der Waals surface area contributed by atoms with Gasteiger partial charge in [-0.1, -0.05) is 0 Å². The molecule has 2 rings (SSSR count). The molecule has 1 unspecified atom stereocenters. The molecule has 1 saturated carbocycles. The summed E-state index contributed by atoms with van der Waals surface area (Å²) < 4.78 is 42.9. The molecule has 0 bridgehead atoms. The molecule has 0 aromatic carbocycles. The average molecular weight is 263 g/mol. The Labute approximate surface area is 105 Å². The second-order valence-corrected chi connectivity index (χ2v) is 5.35. The zero-order valence-electron chi connectivity index (χ0n) is 10.4. The van der Waals surface area contributed by atoms with Crippen LogP contribution >= 0.6 is 0 Å². The van der Waals surface area contributed by atoms with E-state index in [-0.39, 0.29) is 24.8 Å². The first-order valence-electron chi connectivity index (χ1n) is 6.61. The van der Waals surface area contributed by atoms with Crippen LogP contribution in [0.25, 0.3) is 0 Å². The van der Waals surface area contributed by atoms with Gasteiger partial charge in [0.25, 0.3) is 0 Å². The van der Waals surface area contributed by atoms with Crippen LogP contribution in [0.1, 0.15) is 38.5 Å². The first-order chi connectivity index (χ1) is 8.48. The number of alkyl halides is 3. The topological polar surface area (TPSA) is 35.2 Å². The van der Waals surface area contributed by atoms with Crippen molar-refractivity contribution in [2.24, 2.45) is 17.6 Å². The van der Waals surface area contributed by atoms with Gasteiger partial charge in [0, 0.05) is 6.04 Å². The Bertz CT molecular complexity index is 306. The van der Waals surface area contributed by atoms with Crippen LogP contribution in [-0.2, 0) is 4.74 Å².